The number of benzene rings is 1. The summed E-state index contributed by atoms with van der Waals surface area (Å²) in [6, 6.07) is 6.50. The number of hydrogen-bond donors (Lipinski definition) is 5. The number of hydrogen-bond acceptors (Lipinski definition) is 6. The van der Waals surface area contributed by atoms with E-state index in [0.29, 0.717) is 64.6 Å². The second-order valence-electron chi connectivity index (χ2n) is 9.34. The maximum atomic E-state index is 13.3. The van der Waals surface area contributed by atoms with Crippen LogP contribution in [0.3, 0.4) is 0 Å². The molecule has 7 N–H and O–H groups in total. The molecule has 2 aliphatic rings. The van der Waals surface area contributed by atoms with E-state index in [9.17, 15) is 19.2 Å². The Morgan fingerprint density at radius 3 is 2.47 bits per heavy atom. The molecule has 195 valence electrons. The summed E-state index contributed by atoms with van der Waals surface area (Å²) >= 11 is 0. The fraction of sp³-hybridized carbons (Fsp3) is 0.560. The highest BCUT2D eigenvalue weighted by Gasteiger charge is 2.39. The van der Waals surface area contributed by atoms with Crippen molar-refractivity contribution in [2.75, 3.05) is 19.6 Å². The zero-order valence-electron chi connectivity index (χ0n) is 20.4. The SMILES string of the molecule is N=C(N)NCCC[C@H](NC(=O)[C@@H]1CCCN1C(=O)[C@H](N)Cc1ccccc1)C(=O)N1CCC[C@H]1[C]=O. The Kier molecular flexibility index (Phi) is 9.80. The number of nitrogens with one attached hydrogen (secondary N) is 3. The van der Waals surface area contributed by atoms with E-state index in [-0.39, 0.29) is 17.8 Å². The Labute approximate surface area is 211 Å². The minimum Gasteiger partial charge on any atom is -0.370 e. The number of guanidine groups is 1. The molecule has 11 nitrogen and oxygen atoms in total. The summed E-state index contributed by atoms with van der Waals surface area (Å²) in [5, 5.41) is 12.8. The van der Waals surface area contributed by atoms with Gasteiger partial charge in [0, 0.05) is 19.6 Å². The molecule has 2 aliphatic heterocycles. The van der Waals surface area contributed by atoms with E-state index in [1.165, 1.54) is 9.80 Å². The van der Waals surface area contributed by atoms with Gasteiger partial charge in [0.1, 0.15) is 12.1 Å². The first-order chi connectivity index (χ1) is 17.3. The Morgan fingerprint density at radius 1 is 1.08 bits per heavy atom. The van der Waals surface area contributed by atoms with Gasteiger partial charge >= 0.3 is 0 Å². The second kappa shape index (κ2) is 13.0. The molecule has 0 saturated carbocycles. The Hall–Kier alpha value is -3.47. The zero-order valence-corrected chi connectivity index (χ0v) is 20.4. The maximum absolute atomic E-state index is 13.3. The van der Waals surface area contributed by atoms with Crippen LogP contribution in [0.15, 0.2) is 30.3 Å². The molecule has 0 aliphatic carbocycles. The van der Waals surface area contributed by atoms with E-state index in [0.717, 1.165) is 5.56 Å². The van der Waals surface area contributed by atoms with Gasteiger partial charge in [0.15, 0.2) is 5.96 Å². The standard InChI is InChI=1S/C25H36N7O4/c26-19(15-17-7-2-1-3-8-17)23(35)32-14-6-11-21(32)22(34)30-20(10-4-12-29-25(27)28)24(36)31-13-5-9-18(31)16-33/h1-3,7-8,18-21H,4-6,9-15,26H2,(H,30,34)(H4,27,28,29)/t18-,19+,20-,21-/m0/s1. The third-order valence-corrected chi connectivity index (χ3v) is 6.73. The maximum Gasteiger partial charge on any atom is 0.245 e. The first-order valence-corrected chi connectivity index (χ1v) is 12.5. The Morgan fingerprint density at radius 2 is 1.78 bits per heavy atom. The van der Waals surface area contributed by atoms with Crippen molar-refractivity contribution in [1.82, 2.24) is 20.4 Å². The highest BCUT2D eigenvalue weighted by Crippen LogP contribution is 2.21. The molecule has 1 radical (unpaired) electrons. The van der Waals surface area contributed by atoms with Gasteiger partial charge in [-0.15, -0.1) is 0 Å². The number of likely N-dealkylation sites (tertiary alicyclic amines) is 2. The van der Waals surface area contributed by atoms with Crippen LogP contribution in [-0.4, -0.2) is 83.6 Å². The van der Waals surface area contributed by atoms with E-state index in [4.69, 9.17) is 16.9 Å². The summed E-state index contributed by atoms with van der Waals surface area (Å²) in [5.74, 6) is -1.21. The van der Waals surface area contributed by atoms with Crippen molar-refractivity contribution in [2.24, 2.45) is 11.5 Å². The fourth-order valence-electron chi connectivity index (χ4n) is 4.88. The van der Waals surface area contributed by atoms with Crippen LogP contribution >= 0.6 is 0 Å². The molecule has 1 aromatic rings. The van der Waals surface area contributed by atoms with E-state index in [1.54, 1.807) is 0 Å². The summed E-state index contributed by atoms with van der Waals surface area (Å²) in [4.78, 5) is 54.0. The van der Waals surface area contributed by atoms with Gasteiger partial charge < -0.3 is 31.9 Å². The van der Waals surface area contributed by atoms with Crippen LogP contribution in [0.25, 0.3) is 0 Å². The van der Waals surface area contributed by atoms with E-state index >= 15 is 0 Å². The molecule has 1 aromatic carbocycles. The molecule has 2 saturated heterocycles. The average Bonchev–Trinajstić information content (AvgIpc) is 3.55. The quantitative estimate of drug-likeness (QED) is 0.154. The van der Waals surface area contributed by atoms with Crippen LogP contribution in [0.2, 0.25) is 0 Å². The fourth-order valence-corrected chi connectivity index (χ4v) is 4.88. The lowest BCUT2D eigenvalue weighted by molar-refractivity contribution is -0.141. The number of amides is 3. The average molecular weight is 499 g/mol. The predicted molar refractivity (Wildman–Crippen MR) is 134 cm³/mol. The van der Waals surface area contributed by atoms with Crippen molar-refractivity contribution >= 4 is 30.0 Å². The summed E-state index contributed by atoms with van der Waals surface area (Å²) in [5.41, 5.74) is 12.5. The van der Waals surface area contributed by atoms with Crippen LogP contribution in [0.1, 0.15) is 44.1 Å². The molecule has 4 atom stereocenters. The van der Waals surface area contributed by atoms with E-state index < -0.39 is 30.1 Å². The second-order valence-corrected chi connectivity index (χ2v) is 9.34. The molecular formula is C25H36N7O4. The summed E-state index contributed by atoms with van der Waals surface area (Å²) < 4.78 is 0. The number of carbonyl (C=O) groups is 3. The molecule has 36 heavy (non-hydrogen) atoms. The van der Waals surface area contributed by atoms with Crippen molar-refractivity contribution in [3.05, 3.63) is 35.9 Å². The van der Waals surface area contributed by atoms with Gasteiger partial charge in [-0.25, -0.2) is 0 Å². The molecule has 0 spiro atoms. The molecule has 2 fully saturated rings. The van der Waals surface area contributed by atoms with E-state index in [1.807, 2.05) is 36.6 Å². The van der Waals surface area contributed by atoms with Gasteiger partial charge in [-0.2, -0.15) is 0 Å². The lowest BCUT2D eigenvalue weighted by Crippen LogP contribution is -2.56. The van der Waals surface area contributed by atoms with E-state index in [2.05, 4.69) is 10.6 Å². The van der Waals surface area contributed by atoms with Gasteiger partial charge in [0.05, 0.1) is 12.1 Å². The number of nitrogens with zero attached hydrogens (tertiary/aromatic N) is 2. The molecule has 0 bridgehead atoms. The topological polar surface area (TPSA) is 175 Å². The predicted octanol–water partition coefficient (Wildman–Crippen LogP) is -0.604. The van der Waals surface area contributed by atoms with Crippen LogP contribution in [0.4, 0.5) is 0 Å². The van der Waals surface area contributed by atoms with Crippen LogP contribution < -0.4 is 22.1 Å². The van der Waals surface area contributed by atoms with Crippen molar-refractivity contribution < 1.29 is 19.2 Å². The molecular weight excluding hydrogens is 462 g/mol. The highest BCUT2D eigenvalue weighted by atomic mass is 16.2. The van der Waals surface area contributed by atoms with Crippen LogP contribution in [0, 0.1) is 5.41 Å². The monoisotopic (exact) mass is 498 g/mol. The van der Waals surface area contributed by atoms with Gasteiger partial charge in [0.25, 0.3) is 0 Å². The van der Waals surface area contributed by atoms with Crippen molar-refractivity contribution in [3.8, 4) is 0 Å². The number of nitrogens with two attached hydrogens (primary N) is 2. The largest absolute Gasteiger partial charge is 0.370 e. The third-order valence-electron chi connectivity index (χ3n) is 6.73. The molecule has 0 aromatic heterocycles. The molecule has 0 unspecified atom stereocenters. The lowest BCUT2D eigenvalue weighted by Gasteiger charge is -2.30. The summed E-state index contributed by atoms with van der Waals surface area (Å²) in [7, 11) is 0. The van der Waals surface area contributed by atoms with Crippen LogP contribution in [0.5, 0.6) is 0 Å². The minimum atomic E-state index is -0.865. The number of rotatable bonds is 11. The van der Waals surface area contributed by atoms with Gasteiger partial charge in [-0.3, -0.25) is 24.6 Å². The van der Waals surface area contributed by atoms with Crippen molar-refractivity contribution in [1.29, 1.82) is 5.41 Å². The van der Waals surface area contributed by atoms with Crippen molar-refractivity contribution in [3.63, 3.8) is 0 Å². The highest BCUT2D eigenvalue weighted by molar-refractivity contribution is 5.94. The normalized spacial score (nSPS) is 21.0. The number of carbonyl (C=O) groups excluding carboxylic acids is 4. The van der Waals surface area contributed by atoms with Gasteiger partial charge in [0.2, 0.25) is 24.0 Å². The van der Waals surface area contributed by atoms with Gasteiger partial charge in [-0.05, 0) is 50.5 Å². The lowest BCUT2D eigenvalue weighted by atomic mass is 10.0. The van der Waals surface area contributed by atoms with Crippen LogP contribution in [-0.2, 0) is 25.6 Å². The Bertz CT molecular complexity index is 942. The first kappa shape index (κ1) is 27.1. The molecule has 3 amide bonds. The molecule has 11 heteroatoms. The summed E-state index contributed by atoms with van der Waals surface area (Å²) in [6.07, 6.45) is 5.43. The Balaban J connectivity index is 1.66. The summed E-state index contributed by atoms with van der Waals surface area (Å²) in [6.45, 7) is 1.22. The van der Waals surface area contributed by atoms with Gasteiger partial charge in [-0.1, -0.05) is 30.3 Å². The van der Waals surface area contributed by atoms with Crippen molar-refractivity contribution in [2.45, 2.75) is 69.1 Å². The third kappa shape index (κ3) is 7.03. The minimum absolute atomic E-state index is 0.177. The molecule has 2 heterocycles. The zero-order chi connectivity index (χ0) is 26.1. The first-order valence-electron chi connectivity index (χ1n) is 12.5. The molecule has 3 rings (SSSR count). The smallest absolute Gasteiger partial charge is 0.245 e.